The van der Waals surface area contributed by atoms with Gasteiger partial charge in [0.05, 0.1) is 5.39 Å². The lowest BCUT2D eigenvalue weighted by atomic mass is 9.89. The van der Waals surface area contributed by atoms with E-state index in [4.69, 9.17) is 4.42 Å². The molecule has 1 unspecified atom stereocenters. The molecule has 1 aromatic heterocycles. The number of phenols is 2. The maximum absolute atomic E-state index is 13.2. The number of fused-ring (bicyclic) bond motifs is 1. The summed E-state index contributed by atoms with van der Waals surface area (Å²) in [5.74, 6) is -1.44. The molecule has 1 heterocycles. The Bertz CT molecular complexity index is 1340. The minimum atomic E-state index is -0.596. The van der Waals surface area contributed by atoms with Crippen LogP contribution in [0.2, 0.25) is 0 Å². The molecule has 2 aromatic carbocycles. The zero-order valence-corrected chi connectivity index (χ0v) is 21.1. The van der Waals surface area contributed by atoms with Crippen LogP contribution < -0.4 is 5.63 Å². The van der Waals surface area contributed by atoms with E-state index in [1.54, 1.807) is 6.92 Å². The van der Waals surface area contributed by atoms with Crippen LogP contribution in [0.25, 0.3) is 22.1 Å². The van der Waals surface area contributed by atoms with Gasteiger partial charge in [-0.15, -0.1) is 0 Å². The molecule has 0 aliphatic carbocycles. The fourth-order valence-electron chi connectivity index (χ4n) is 4.10. The second kappa shape index (κ2) is 11.2. The predicted octanol–water partition coefficient (Wildman–Crippen LogP) is 7.34. The van der Waals surface area contributed by atoms with E-state index < -0.39 is 11.5 Å². The lowest BCUT2D eigenvalue weighted by Crippen LogP contribution is -2.12. The Hall–Kier alpha value is -3.60. The Balaban J connectivity index is 2.29. The Morgan fingerprint density at radius 2 is 1.74 bits per heavy atom. The molecule has 0 saturated heterocycles. The molecule has 5 nitrogen and oxygen atoms in total. The van der Waals surface area contributed by atoms with E-state index in [2.05, 4.69) is 19.9 Å². The number of carbonyl (C=O) groups excluding carboxylic acids is 1. The maximum atomic E-state index is 13.2. The molecule has 2 N–H and O–H groups in total. The average Bonchev–Trinajstić information content (AvgIpc) is 2.83. The number of aromatic hydroxyl groups is 2. The van der Waals surface area contributed by atoms with Gasteiger partial charge in [-0.25, -0.2) is 4.79 Å². The molecule has 3 aromatic rings. The Morgan fingerprint density at radius 1 is 1.06 bits per heavy atom. The average molecular weight is 475 g/mol. The first-order chi connectivity index (χ1) is 16.6. The van der Waals surface area contributed by atoms with Gasteiger partial charge in [0, 0.05) is 23.1 Å². The van der Waals surface area contributed by atoms with E-state index >= 15 is 0 Å². The molecule has 1 atom stereocenters. The van der Waals surface area contributed by atoms with Gasteiger partial charge in [-0.1, -0.05) is 67.5 Å². The van der Waals surface area contributed by atoms with Gasteiger partial charge in [-0.2, -0.15) is 0 Å². The van der Waals surface area contributed by atoms with Crippen LogP contribution in [0.3, 0.4) is 0 Å². The number of Topliss-reactive ketones (excluding diaryl/α,β-unsaturated/α-hetero) is 1. The van der Waals surface area contributed by atoms with E-state index in [0.717, 1.165) is 18.4 Å². The molecular formula is C30H34O5. The van der Waals surface area contributed by atoms with Crippen molar-refractivity contribution in [3.63, 3.8) is 0 Å². The summed E-state index contributed by atoms with van der Waals surface area (Å²) in [4.78, 5) is 25.8. The Labute approximate surface area is 206 Å². The van der Waals surface area contributed by atoms with Crippen LogP contribution in [0.15, 0.2) is 68.9 Å². The summed E-state index contributed by atoms with van der Waals surface area (Å²) in [5, 5.41) is 22.8. The second-order valence-electron chi connectivity index (χ2n) is 9.35. The molecule has 0 fully saturated rings. The summed E-state index contributed by atoms with van der Waals surface area (Å²) < 4.78 is 5.56. The van der Waals surface area contributed by atoms with E-state index in [1.807, 2.05) is 50.3 Å². The number of hydrogen-bond donors (Lipinski definition) is 2. The number of benzene rings is 2. The standard InChI is InChI=1S/C30H34O5/c1-6-20(5)27(32)26-28(33)22(16-15-19(4)12-10-11-18(2)3)30-25(29(26)34)23(17-24(31)35-30)21-13-8-7-9-14-21/h7-9,11,13-15,17,20,33-34H,6,10,12,16H2,1-5H3. The molecule has 0 bridgehead atoms. The lowest BCUT2D eigenvalue weighted by Gasteiger charge is -2.18. The van der Waals surface area contributed by atoms with Gasteiger partial charge in [0.2, 0.25) is 0 Å². The molecule has 0 spiro atoms. The molecular weight excluding hydrogens is 440 g/mol. The minimum Gasteiger partial charge on any atom is -0.507 e. The van der Waals surface area contributed by atoms with Gasteiger partial charge >= 0.3 is 5.63 Å². The minimum absolute atomic E-state index is 0.0976. The summed E-state index contributed by atoms with van der Waals surface area (Å²) in [6.07, 6.45) is 6.70. The smallest absolute Gasteiger partial charge is 0.336 e. The van der Waals surface area contributed by atoms with Crippen LogP contribution in [-0.2, 0) is 6.42 Å². The number of allylic oxidation sites excluding steroid dienone is 4. The highest BCUT2D eigenvalue weighted by Crippen LogP contribution is 2.44. The number of ketones is 1. The highest BCUT2D eigenvalue weighted by molar-refractivity contribution is 6.11. The maximum Gasteiger partial charge on any atom is 0.336 e. The molecule has 35 heavy (non-hydrogen) atoms. The topological polar surface area (TPSA) is 87.7 Å². The molecule has 5 heteroatoms. The van der Waals surface area contributed by atoms with E-state index in [-0.39, 0.29) is 40.2 Å². The Morgan fingerprint density at radius 3 is 2.37 bits per heavy atom. The zero-order chi connectivity index (χ0) is 25.7. The highest BCUT2D eigenvalue weighted by Gasteiger charge is 2.29. The summed E-state index contributed by atoms with van der Waals surface area (Å²) in [6, 6.07) is 10.5. The van der Waals surface area contributed by atoms with Crippen LogP contribution in [-0.4, -0.2) is 16.0 Å². The number of phenolic OH excluding ortho intramolecular Hbond substituents is 2. The summed E-state index contributed by atoms with van der Waals surface area (Å²) in [6.45, 7) is 9.77. The largest absolute Gasteiger partial charge is 0.507 e. The van der Waals surface area contributed by atoms with Gasteiger partial charge < -0.3 is 14.6 Å². The summed E-state index contributed by atoms with van der Waals surface area (Å²) in [5.41, 5.74) is 3.22. The third-order valence-corrected chi connectivity index (χ3v) is 6.37. The van der Waals surface area contributed by atoms with E-state index in [1.165, 1.54) is 11.6 Å². The van der Waals surface area contributed by atoms with Crippen molar-refractivity contribution in [2.45, 2.75) is 60.3 Å². The molecule has 0 amide bonds. The van der Waals surface area contributed by atoms with Crippen molar-refractivity contribution in [2.24, 2.45) is 5.92 Å². The van der Waals surface area contributed by atoms with Gasteiger partial charge in [0.1, 0.15) is 22.6 Å². The zero-order valence-electron chi connectivity index (χ0n) is 21.1. The van der Waals surface area contributed by atoms with Gasteiger partial charge in [0.25, 0.3) is 0 Å². The van der Waals surface area contributed by atoms with Crippen LogP contribution in [0.1, 0.15) is 69.8 Å². The third-order valence-electron chi connectivity index (χ3n) is 6.37. The second-order valence-corrected chi connectivity index (χ2v) is 9.35. The van der Waals surface area contributed by atoms with Crippen molar-refractivity contribution < 1.29 is 19.4 Å². The number of hydrogen-bond acceptors (Lipinski definition) is 5. The fourth-order valence-corrected chi connectivity index (χ4v) is 4.10. The van der Waals surface area contributed by atoms with Crippen LogP contribution in [0.5, 0.6) is 11.5 Å². The quantitative estimate of drug-likeness (QED) is 0.192. The normalized spacial score (nSPS) is 12.5. The molecule has 184 valence electrons. The van der Waals surface area contributed by atoms with Crippen molar-refractivity contribution >= 4 is 16.8 Å². The van der Waals surface area contributed by atoms with Gasteiger partial charge in [-0.3, -0.25) is 4.79 Å². The van der Waals surface area contributed by atoms with E-state index in [0.29, 0.717) is 23.1 Å². The van der Waals surface area contributed by atoms with Crippen molar-refractivity contribution in [2.75, 3.05) is 0 Å². The van der Waals surface area contributed by atoms with Crippen molar-refractivity contribution in [3.05, 3.63) is 81.2 Å². The molecule has 0 aliphatic heterocycles. The van der Waals surface area contributed by atoms with Crippen molar-refractivity contribution in [1.29, 1.82) is 0 Å². The third kappa shape index (κ3) is 5.73. The van der Waals surface area contributed by atoms with E-state index in [9.17, 15) is 19.8 Å². The molecule has 0 saturated carbocycles. The van der Waals surface area contributed by atoms with Crippen molar-refractivity contribution in [1.82, 2.24) is 0 Å². The predicted molar refractivity (Wildman–Crippen MR) is 141 cm³/mol. The number of carbonyl (C=O) groups is 1. The fraction of sp³-hybridized carbons (Fsp3) is 0.333. The molecule has 3 rings (SSSR count). The van der Waals surface area contributed by atoms with Gasteiger partial charge in [0.15, 0.2) is 5.78 Å². The first-order valence-electron chi connectivity index (χ1n) is 12.1. The lowest BCUT2D eigenvalue weighted by molar-refractivity contribution is 0.0921. The van der Waals surface area contributed by atoms with Crippen LogP contribution in [0.4, 0.5) is 0 Å². The summed E-state index contributed by atoms with van der Waals surface area (Å²) >= 11 is 0. The monoisotopic (exact) mass is 474 g/mol. The Kier molecular flexibility index (Phi) is 8.34. The molecule has 0 radical (unpaired) electrons. The first-order valence-corrected chi connectivity index (χ1v) is 12.1. The summed E-state index contributed by atoms with van der Waals surface area (Å²) in [7, 11) is 0. The SMILES string of the molecule is CCC(C)C(=O)c1c(O)c(CC=C(C)CCC=C(C)C)c2oc(=O)cc(-c3ccccc3)c2c1O. The van der Waals surface area contributed by atoms with Crippen LogP contribution >= 0.6 is 0 Å². The number of rotatable bonds is 9. The molecule has 0 aliphatic rings. The first kappa shape index (κ1) is 26.0. The van der Waals surface area contributed by atoms with Gasteiger partial charge in [-0.05, 0) is 52.0 Å². The highest BCUT2D eigenvalue weighted by atomic mass is 16.4. The van der Waals surface area contributed by atoms with Crippen molar-refractivity contribution in [3.8, 4) is 22.6 Å². The van der Waals surface area contributed by atoms with Crippen LogP contribution in [0, 0.1) is 5.92 Å².